The predicted molar refractivity (Wildman–Crippen MR) is 86.3 cm³/mol. The van der Waals surface area contributed by atoms with Crippen molar-refractivity contribution in [2.75, 3.05) is 6.54 Å². The van der Waals surface area contributed by atoms with Crippen molar-refractivity contribution < 1.29 is 9.21 Å². The van der Waals surface area contributed by atoms with Crippen molar-refractivity contribution >= 4 is 5.91 Å². The number of nitrogens with one attached hydrogen (secondary N) is 1. The Labute approximate surface area is 137 Å². The molecule has 1 amide bonds. The lowest BCUT2D eigenvalue weighted by Gasteiger charge is -2.29. The van der Waals surface area contributed by atoms with Gasteiger partial charge in [-0.05, 0) is 50.7 Å². The zero-order chi connectivity index (χ0) is 16.3. The van der Waals surface area contributed by atoms with Gasteiger partial charge in [0.1, 0.15) is 11.3 Å². The lowest BCUT2D eigenvalue weighted by molar-refractivity contribution is -0.124. The fraction of sp³-hybridized carbons (Fsp3) is 0.667. The van der Waals surface area contributed by atoms with Crippen molar-refractivity contribution in [3.05, 3.63) is 24.2 Å². The van der Waals surface area contributed by atoms with Gasteiger partial charge in [-0.2, -0.15) is 5.26 Å². The van der Waals surface area contributed by atoms with E-state index in [2.05, 4.69) is 16.3 Å². The molecule has 0 aromatic carbocycles. The topological polar surface area (TPSA) is 69.3 Å². The maximum absolute atomic E-state index is 12.5. The SMILES string of the molecule is CC(C#N)(NC(=O)CN(Cc1ccco1)C1CCCC1)C1CC1. The normalized spacial score (nSPS) is 21.1. The first-order chi connectivity index (χ1) is 11.1. The van der Waals surface area contributed by atoms with E-state index in [0.717, 1.165) is 31.4 Å². The van der Waals surface area contributed by atoms with Crippen LogP contribution in [-0.2, 0) is 11.3 Å². The van der Waals surface area contributed by atoms with E-state index in [4.69, 9.17) is 4.42 Å². The Bertz CT molecular complexity index is 568. The second kappa shape index (κ2) is 6.76. The zero-order valence-electron chi connectivity index (χ0n) is 13.8. The number of nitrogens with zero attached hydrogens (tertiary/aromatic N) is 2. The number of carbonyl (C=O) groups is 1. The van der Waals surface area contributed by atoms with Crippen molar-refractivity contribution in [1.29, 1.82) is 5.26 Å². The minimum Gasteiger partial charge on any atom is -0.468 e. The van der Waals surface area contributed by atoms with Crippen molar-refractivity contribution in [1.82, 2.24) is 10.2 Å². The average Bonchev–Trinajstić information content (AvgIpc) is 3.03. The highest BCUT2D eigenvalue weighted by Crippen LogP contribution is 2.39. The molecule has 23 heavy (non-hydrogen) atoms. The van der Waals surface area contributed by atoms with Crippen LogP contribution in [0.25, 0.3) is 0 Å². The molecule has 5 heteroatoms. The largest absolute Gasteiger partial charge is 0.468 e. The van der Waals surface area contributed by atoms with Gasteiger partial charge in [0.2, 0.25) is 5.91 Å². The van der Waals surface area contributed by atoms with E-state index < -0.39 is 5.54 Å². The fourth-order valence-corrected chi connectivity index (χ4v) is 3.58. The molecule has 124 valence electrons. The molecule has 2 saturated carbocycles. The van der Waals surface area contributed by atoms with Crippen molar-refractivity contribution in [3.8, 4) is 6.07 Å². The second-order valence-electron chi connectivity index (χ2n) is 7.06. The van der Waals surface area contributed by atoms with Crippen LogP contribution in [0.5, 0.6) is 0 Å². The van der Waals surface area contributed by atoms with E-state index in [1.165, 1.54) is 12.8 Å². The van der Waals surface area contributed by atoms with E-state index in [1.54, 1.807) is 6.26 Å². The number of hydrogen-bond acceptors (Lipinski definition) is 4. The summed E-state index contributed by atoms with van der Waals surface area (Å²) in [5.41, 5.74) is -0.719. The van der Waals surface area contributed by atoms with Crippen LogP contribution in [0, 0.1) is 17.2 Å². The maximum Gasteiger partial charge on any atom is 0.235 e. The van der Waals surface area contributed by atoms with Gasteiger partial charge in [0.25, 0.3) is 0 Å². The Morgan fingerprint density at radius 1 is 1.43 bits per heavy atom. The monoisotopic (exact) mass is 315 g/mol. The molecule has 0 aliphatic heterocycles. The summed E-state index contributed by atoms with van der Waals surface area (Å²) in [5.74, 6) is 1.13. The first kappa shape index (κ1) is 16.1. The lowest BCUT2D eigenvalue weighted by atomic mass is 9.98. The molecular formula is C18H25N3O2. The van der Waals surface area contributed by atoms with Gasteiger partial charge in [-0.15, -0.1) is 0 Å². The molecule has 0 spiro atoms. The molecule has 0 bridgehead atoms. The van der Waals surface area contributed by atoms with Crippen LogP contribution in [0.4, 0.5) is 0 Å². The number of furan rings is 1. The molecular weight excluding hydrogens is 290 g/mol. The Morgan fingerprint density at radius 2 is 2.17 bits per heavy atom. The molecule has 1 N–H and O–H groups in total. The Kier molecular flexibility index (Phi) is 4.72. The summed E-state index contributed by atoms with van der Waals surface area (Å²) < 4.78 is 5.45. The molecule has 1 heterocycles. The number of carbonyl (C=O) groups excluding carboxylic acids is 1. The minimum absolute atomic E-state index is 0.0561. The van der Waals surface area contributed by atoms with E-state index in [1.807, 2.05) is 19.1 Å². The zero-order valence-corrected chi connectivity index (χ0v) is 13.8. The number of amides is 1. The molecule has 0 saturated heterocycles. The summed E-state index contributed by atoms with van der Waals surface area (Å²) >= 11 is 0. The van der Waals surface area contributed by atoms with Crippen LogP contribution < -0.4 is 5.32 Å². The number of rotatable bonds is 7. The average molecular weight is 315 g/mol. The van der Waals surface area contributed by atoms with E-state index >= 15 is 0 Å². The van der Waals surface area contributed by atoms with Gasteiger partial charge in [0, 0.05) is 6.04 Å². The third-order valence-corrected chi connectivity index (χ3v) is 5.15. The molecule has 2 fully saturated rings. The van der Waals surface area contributed by atoms with Gasteiger partial charge < -0.3 is 9.73 Å². The number of nitriles is 1. The number of hydrogen-bond donors (Lipinski definition) is 1. The highest BCUT2D eigenvalue weighted by atomic mass is 16.3. The quantitative estimate of drug-likeness (QED) is 0.840. The van der Waals surface area contributed by atoms with E-state index in [0.29, 0.717) is 25.0 Å². The maximum atomic E-state index is 12.5. The molecule has 1 aromatic rings. The summed E-state index contributed by atoms with van der Waals surface area (Å²) in [6, 6.07) is 6.55. The summed E-state index contributed by atoms with van der Waals surface area (Å²) in [7, 11) is 0. The van der Waals surface area contributed by atoms with Crippen LogP contribution in [0.1, 0.15) is 51.2 Å². The summed E-state index contributed by atoms with van der Waals surface area (Å²) in [6.07, 6.45) is 8.43. The van der Waals surface area contributed by atoms with Gasteiger partial charge in [0.05, 0.1) is 25.4 Å². The molecule has 0 radical (unpaired) electrons. The van der Waals surface area contributed by atoms with Crippen LogP contribution in [0.2, 0.25) is 0 Å². The Morgan fingerprint density at radius 3 is 2.74 bits per heavy atom. The van der Waals surface area contributed by atoms with Crippen LogP contribution in [0.3, 0.4) is 0 Å². The van der Waals surface area contributed by atoms with Gasteiger partial charge in [-0.25, -0.2) is 0 Å². The first-order valence-corrected chi connectivity index (χ1v) is 8.59. The second-order valence-corrected chi connectivity index (χ2v) is 7.06. The molecule has 5 nitrogen and oxygen atoms in total. The highest BCUT2D eigenvalue weighted by molar-refractivity contribution is 5.79. The van der Waals surface area contributed by atoms with Crippen LogP contribution in [-0.4, -0.2) is 28.9 Å². The Balaban J connectivity index is 1.62. The minimum atomic E-state index is -0.719. The standard InChI is InChI=1S/C18H25N3O2/c1-18(13-19,14-8-9-14)20-17(22)12-21(15-5-2-3-6-15)11-16-7-4-10-23-16/h4,7,10,14-15H,2-3,5-6,8-9,11-12H2,1H3,(H,20,22). The van der Waals surface area contributed by atoms with Crippen molar-refractivity contribution in [3.63, 3.8) is 0 Å². The highest BCUT2D eigenvalue weighted by Gasteiger charge is 2.43. The summed E-state index contributed by atoms with van der Waals surface area (Å²) in [6.45, 7) is 2.82. The van der Waals surface area contributed by atoms with Gasteiger partial charge in [-0.1, -0.05) is 12.8 Å². The summed E-state index contributed by atoms with van der Waals surface area (Å²) in [4.78, 5) is 14.7. The van der Waals surface area contributed by atoms with E-state index in [-0.39, 0.29) is 5.91 Å². The van der Waals surface area contributed by atoms with Crippen molar-refractivity contribution in [2.45, 2.75) is 63.6 Å². The molecule has 1 unspecified atom stereocenters. The molecule has 1 atom stereocenters. The third kappa shape index (κ3) is 3.94. The first-order valence-electron chi connectivity index (χ1n) is 8.59. The van der Waals surface area contributed by atoms with Gasteiger partial charge in [0.15, 0.2) is 0 Å². The molecule has 3 rings (SSSR count). The molecule has 2 aliphatic rings. The van der Waals surface area contributed by atoms with Gasteiger partial charge in [-0.3, -0.25) is 9.69 Å². The fourth-order valence-electron chi connectivity index (χ4n) is 3.58. The van der Waals surface area contributed by atoms with E-state index in [9.17, 15) is 10.1 Å². The molecule has 2 aliphatic carbocycles. The lowest BCUT2D eigenvalue weighted by Crippen LogP contribution is -2.51. The van der Waals surface area contributed by atoms with Gasteiger partial charge >= 0.3 is 0 Å². The van der Waals surface area contributed by atoms with Crippen LogP contribution in [0.15, 0.2) is 22.8 Å². The van der Waals surface area contributed by atoms with Crippen molar-refractivity contribution in [2.24, 2.45) is 5.92 Å². The third-order valence-electron chi connectivity index (χ3n) is 5.15. The van der Waals surface area contributed by atoms with Crippen LogP contribution >= 0.6 is 0 Å². The Hall–Kier alpha value is -1.80. The predicted octanol–water partition coefficient (Wildman–Crippen LogP) is 2.83. The summed E-state index contributed by atoms with van der Waals surface area (Å²) in [5, 5.41) is 12.4. The molecule has 1 aromatic heterocycles. The smallest absolute Gasteiger partial charge is 0.235 e.